The number of hydrogen-bond donors (Lipinski definition) is 1. The van der Waals surface area contributed by atoms with Gasteiger partial charge in [-0.25, -0.2) is 0 Å². The second kappa shape index (κ2) is 5.51. The molecule has 0 radical (unpaired) electrons. The zero-order valence-corrected chi connectivity index (χ0v) is 11.9. The molecule has 1 aromatic heterocycles. The van der Waals surface area contributed by atoms with Gasteiger partial charge in [-0.3, -0.25) is 4.98 Å². The standard InChI is InChI=1S/C19H17NO/c1-15-9-5-6-12-17(15)19(21,16-10-3-2-4-11-16)18-13-7-8-14-20-18/h2-14,21H,1H3. The van der Waals surface area contributed by atoms with E-state index in [1.165, 1.54) is 0 Å². The molecule has 1 atom stereocenters. The van der Waals surface area contributed by atoms with Crippen molar-refractivity contribution in [1.82, 2.24) is 4.98 Å². The Morgan fingerprint density at radius 2 is 1.48 bits per heavy atom. The number of aliphatic hydroxyl groups is 1. The van der Waals surface area contributed by atoms with Crippen LogP contribution in [0.3, 0.4) is 0 Å². The first-order chi connectivity index (χ1) is 10.2. The van der Waals surface area contributed by atoms with E-state index in [2.05, 4.69) is 4.98 Å². The molecule has 0 fully saturated rings. The maximum absolute atomic E-state index is 11.5. The van der Waals surface area contributed by atoms with Crippen LogP contribution in [0.15, 0.2) is 79.0 Å². The normalized spacial score (nSPS) is 13.6. The zero-order chi connectivity index (χ0) is 14.7. The van der Waals surface area contributed by atoms with Crippen molar-refractivity contribution in [3.8, 4) is 0 Å². The third kappa shape index (κ3) is 2.34. The van der Waals surface area contributed by atoms with Gasteiger partial charge in [-0.15, -0.1) is 0 Å². The first kappa shape index (κ1) is 13.5. The smallest absolute Gasteiger partial charge is 0.157 e. The average Bonchev–Trinajstić information content (AvgIpc) is 2.56. The number of nitrogens with zero attached hydrogens (tertiary/aromatic N) is 1. The van der Waals surface area contributed by atoms with Crippen LogP contribution in [0.4, 0.5) is 0 Å². The second-order valence-electron chi connectivity index (χ2n) is 5.11. The molecule has 0 amide bonds. The van der Waals surface area contributed by atoms with Crippen molar-refractivity contribution in [2.75, 3.05) is 0 Å². The Bertz CT molecular complexity index is 683. The summed E-state index contributed by atoms with van der Waals surface area (Å²) in [6.45, 7) is 2.01. The lowest BCUT2D eigenvalue weighted by Crippen LogP contribution is -2.30. The van der Waals surface area contributed by atoms with Gasteiger partial charge in [0.15, 0.2) is 5.60 Å². The molecule has 1 heterocycles. The quantitative estimate of drug-likeness (QED) is 0.791. The molecule has 21 heavy (non-hydrogen) atoms. The first-order valence-electron chi connectivity index (χ1n) is 6.98. The molecule has 3 aromatic rings. The van der Waals surface area contributed by atoms with Crippen LogP contribution in [-0.4, -0.2) is 10.1 Å². The summed E-state index contributed by atoms with van der Waals surface area (Å²) in [5.74, 6) is 0. The topological polar surface area (TPSA) is 33.1 Å². The van der Waals surface area contributed by atoms with E-state index in [0.29, 0.717) is 5.69 Å². The molecule has 0 aliphatic heterocycles. The molecule has 0 saturated heterocycles. The van der Waals surface area contributed by atoms with Crippen LogP contribution in [0, 0.1) is 6.92 Å². The van der Waals surface area contributed by atoms with E-state index in [-0.39, 0.29) is 0 Å². The van der Waals surface area contributed by atoms with Gasteiger partial charge in [0.1, 0.15) is 0 Å². The first-order valence-corrected chi connectivity index (χ1v) is 6.98. The van der Waals surface area contributed by atoms with Gasteiger partial charge in [0.25, 0.3) is 0 Å². The second-order valence-corrected chi connectivity index (χ2v) is 5.11. The molecule has 1 unspecified atom stereocenters. The zero-order valence-electron chi connectivity index (χ0n) is 11.9. The number of benzene rings is 2. The summed E-state index contributed by atoms with van der Waals surface area (Å²) in [6, 6.07) is 23.2. The average molecular weight is 275 g/mol. The highest BCUT2D eigenvalue weighted by Gasteiger charge is 2.35. The minimum Gasteiger partial charge on any atom is -0.374 e. The molecular formula is C19H17NO. The molecule has 2 aromatic carbocycles. The third-order valence-corrected chi connectivity index (χ3v) is 3.76. The van der Waals surface area contributed by atoms with Crippen LogP contribution < -0.4 is 0 Å². The summed E-state index contributed by atoms with van der Waals surface area (Å²) in [7, 11) is 0. The Morgan fingerprint density at radius 1 is 0.810 bits per heavy atom. The SMILES string of the molecule is Cc1ccccc1C(O)(c1ccccc1)c1ccccn1. The molecule has 2 nitrogen and oxygen atoms in total. The third-order valence-electron chi connectivity index (χ3n) is 3.76. The summed E-state index contributed by atoms with van der Waals surface area (Å²) >= 11 is 0. The van der Waals surface area contributed by atoms with E-state index < -0.39 is 5.60 Å². The predicted octanol–water partition coefficient (Wildman–Crippen LogP) is 3.67. The van der Waals surface area contributed by atoms with Gasteiger partial charge in [-0.05, 0) is 35.7 Å². The molecule has 1 N–H and O–H groups in total. The van der Waals surface area contributed by atoms with Crippen LogP contribution in [0.5, 0.6) is 0 Å². The van der Waals surface area contributed by atoms with Crippen LogP contribution in [0.25, 0.3) is 0 Å². The Kier molecular flexibility index (Phi) is 3.55. The minimum atomic E-state index is -1.24. The van der Waals surface area contributed by atoms with Crippen molar-refractivity contribution >= 4 is 0 Å². The van der Waals surface area contributed by atoms with Crippen molar-refractivity contribution in [3.63, 3.8) is 0 Å². The van der Waals surface area contributed by atoms with Gasteiger partial charge >= 0.3 is 0 Å². The van der Waals surface area contributed by atoms with Gasteiger partial charge in [-0.2, -0.15) is 0 Å². The fraction of sp³-hybridized carbons (Fsp3) is 0.105. The number of aromatic nitrogens is 1. The van der Waals surface area contributed by atoms with Crippen LogP contribution in [-0.2, 0) is 5.60 Å². The van der Waals surface area contributed by atoms with Crippen molar-refractivity contribution in [1.29, 1.82) is 0 Å². The largest absolute Gasteiger partial charge is 0.374 e. The predicted molar refractivity (Wildman–Crippen MR) is 84.0 cm³/mol. The highest BCUT2D eigenvalue weighted by molar-refractivity contribution is 5.47. The van der Waals surface area contributed by atoms with Gasteiger partial charge in [0.2, 0.25) is 0 Å². The number of rotatable bonds is 3. The fourth-order valence-corrected chi connectivity index (χ4v) is 2.68. The van der Waals surface area contributed by atoms with E-state index in [9.17, 15) is 5.11 Å². The molecule has 0 spiro atoms. The maximum atomic E-state index is 11.5. The van der Waals surface area contributed by atoms with E-state index in [0.717, 1.165) is 16.7 Å². The molecule has 3 rings (SSSR count). The van der Waals surface area contributed by atoms with Crippen molar-refractivity contribution in [2.24, 2.45) is 0 Å². The van der Waals surface area contributed by atoms with Crippen molar-refractivity contribution in [3.05, 3.63) is 101 Å². The Balaban J connectivity index is 2.29. The Labute approximate surface area is 124 Å². The van der Waals surface area contributed by atoms with E-state index in [1.54, 1.807) is 6.20 Å². The van der Waals surface area contributed by atoms with E-state index in [1.807, 2.05) is 79.7 Å². The van der Waals surface area contributed by atoms with Crippen molar-refractivity contribution in [2.45, 2.75) is 12.5 Å². The Hall–Kier alpha value is -2.45. The van der Waals surface area contributed by atoms with Gasteiger partial charge in [0, 0.05) is 6.20 Å². The maximum Gasteiger partial charge on any atom is 0.157 e. The summed E-state index contributed by atoms with van der Waals surface area (Å²) < 4.78 is 0. The summed E-state index contributed by atoms with van der Waals surface area (Å²) in [5, 5.41) is 11.5. The van der Waals surface area contributed by atoms with Crippen molar-refractivity contribution < 1.29 is 5.11 Å². The van der Waals surface area contributed by atoms with E-state index >= 15 is 0 Å². The van der Waals surface area contributed by atoms with Crippen LogP contribution >= 0.6 is 0 Å². The summed E-state index contributed by atoms with van der Waals surface area (Å²) in [4.78, 5) is 4.39. The number of hydrogen-bond acceptors (Lipinski definition) is 2. The van der Waals surface area contributed by atoms with Crippen LogP contribution in [0.2, 0.25) is 0 Å². The summed E-state index contributed by atoms with van der Waals surface area (Å²) in [6.07, 6.45) is 1.71. The minimum absolute atomic E-state index is 0.630. The van der Waals surface area contributed by atoms with Gasteiger partial charge in [-0.1, -0.05) is 60.7 Å². The molecule has 0 aliphatic carbocycles. The highest BCUT2D eigenvalue weighted by Crippen LogP contribution is 2.36. The molecule has 0 bridgehead atoms. The lowest BCUT2D eigenvalue weighted by atomic mass is 9.81. The summed E-state index contributed by atoms with van der Waals surface area (Å²) in [5.41, 5.74) is 2.10. The molecule has 2 heteroatoms. The lowest BCUT2D eigenvalue weighted by molar-refractivity contribution is 0.120. The fourth-order valence-electron chi connectivity index (χ4n) is 2.68. The Morgan fingerprint density at radius 3 is 2.14 bits per heavy atom. The number of pyridine rings is 1. The molecule has 0 aliphatic rings. The number of aryl methyl sites for hydroxylation is 1. The van der Waals surface area contributed by atoms with Gasteiger partial charge in [0.05, 0.1) is 5.69 Å². The molecular weight excluding hydrogens is 258 g/mol. The van der Waals surface area contributed by atoms with Gasteiger partial charge < -0.3 is 5.11 Å². The van der Waals surface area contributed by atoms with E-state index in [4.69, 9.17) is 0 Å². The van der Waals surface area contributed by atoms with Crippen LogP contribution in [0.1, 0.15) is 22.4 Å². The monoisotopic (exact) mass is 275 g/mol. The molecule has 104 valence electrons. The lowest BCUT2D eigenvalue weighted by Gasteiger charge is -2.30. The molecule has 0 saturated carbocycles. The highest BCUT2D eigenvalue weighted by atomic mass is 16.3.